The van der Waals surface area contributed by atoms with Gasteiger partial charge in [-0.1, -0.05) is 11.6 Å². The lowest BCUT2D eigenvalue weighted by Gasteiger charge is -2.18. The van der Waals surface area contributed by atoms with Crippen LogP contribution in [0, 0.1) is 0 Å². The van der Waals surface area contributed by atoms with Crippen molar-refractivity contribution in [2.45, 2.75) is 39.4 Å². The van der Waals surface area contributed by atoms with Crippen LogP contribution in [0.3, 0.4) is 0 Å². The molecule has 0 bridgehead atoms. The van der Waals surface area contributed by atoms with Crippen molar-refractivity contribution in [2.75, 3.05) is 7.05 Å². The maximum absolute atomic E-state index is 13.1. The van der Waals surface area contributed by atoms with Crippen molar-refractivity contribution in [1.82, 2.24) is 24.5 Å². The van der Waals surface area contributed by atoms with Crippen LogP contribution in [-0.2, 0) is 24.4 Å². The van der Waals surface area contributed by atoms with E-state index in [0.717, 1.165) is 5.69 Å². The van der Waals surface area contributed by atoms with Crippen molar-refractivity contribution in [3.05, 3.63) is 34.4 Å². The zero-order valence-electron chi connectivity index (χ0n) is 13.5. The van der Waals surface area contributed by atoms with Gasteiger partial charge in [-0.2, -0.15) is 10.2 Å². The summed E-state index contributed by atoms with van der Waals surface area (Å²) in [5, 5.41) is 6.62. The Morgan fingerprint density at radius 2 is 1.96 bits per heavy atom. The molecule has 0 saturated carbocycles. The predicted octanol–water partition coefficient (Wildman–Crippen LogP) is 3.29. The first kappa shape index (κ1) is 19.2. The van der Waals surface area contributed by atoms with Crippen molar-refractivity contribution in [3.63, 3.8) is 0 Å². The lowest BCUT2D eigenvalue weighted by Crippen LogP contribution is -2.31. The Bertz CT molecular complexity index is 746. The SMILES string of the molecule is CCn1nccc1CN(C)C(=O)Cn1nc(C(F)F)c(Cl)c1C(F)F. The molecule has 2 heterocycles. The first-order valence-electron chi connectivity index (χ1n) is 7.33. The van der Waals surface area contributed by atoms with Gasteiger partial charge >= 0.3 is 0 Å². The first-order valence-corrected chi connectivity index (χ1v) is 7.71. The molecule has 25 heavy (non-hydrogen) atoms. The minimum atomic E-state index is -3.13. The van der Waals surface area contributed by atoms with E-state index in [1.807, 2.05) is 6.92 Å². The third kappa shape index (κ3) is 4.12. The smallest absolute Gasteiger partial charge is 0.283 e. The number of carbonyl (C=O) groups excluding carboxylic acids is 1. The van der Waals surface area contributed by atoms with Crippen molar-refractivity contribution >= 4 is 17.5 Å². The molecule has 1 amide bonds. The highest BCUT2D eigenvalue weighted by Crippen LogP contribution is 2.34. The van der Waals surface area contributed by atoms with E-state index in [-0.39, 0.29) is 6.54 Å². The predicted molar refractivity (Wildman–Crippen MR) is 81.5 cm³/mol. The molecule has 0 unspecified atom stereocenters. The number of hydrogen-bond donors (Lipinski definition) is 0. The Morgan fingerprint density at radius 1 is 1.28 bits per heavy atom. The monoisotopic (exact) mass is 381 g/mol. The first-order chi connectivity index (χ1) is 11.8. The van der Waals surface area contributed by atoms with Gasteiger partial charge in [0.25, 0.3) is 12.9 Å². The summed E-state index contributed by atoms with van der Waals surface area (Å²) in [4.78, 5) is 13.5. The van der Waals surface area contributed by atoms with E-state index in [4.69, 9.17) is 11.6 Å². The van der Waals surface area contributed by atoms with Crippen LogP contribution < -0.4 is 0 Å². The highest BCUT2D eigenvalue weighted by atomic mass is 35.5. The second-order valence-electron chi connectivity index (χ2n) is 5.23. The normalized spacial score (nSPS) is 11.6. The quantitative estimate of drug-likeness (QED) is 0.692. The van der Waals surface area contributed by atoms with Crippen LogP contribution in [0.15, 0.2) is 12.3 Å². The fraction of sp³-hybridized carbons (Fsp3) is 0.500. The van der Waals surface area contributed by atoms with Crippen molar-refractivity contribution in [1.29, 1.82) is 0 Å². The number of hydrogen-bond acceptors (Lipinski definition) is 3. The molecule has 0 aromatic carbocycles. The number of amides is 1. The number of aryl methyl sites for hydroxylation is 1. The summed E-state index contributed by atoms with van der Waals surface area (Å²) in [5.74, 6) is -0.578. The fourth-order valence-electron chi connectivity index (χ4n) is 2.30. The van der Waals surface area contributed by atoms with Gasteiger partial charge in [0.1, 0.15) is 17.9 Å². The van der Waals surface area contributed by atoms with Crippen LogP contribution in [0.2, 0.25) is 5.02 Å². The summed E-state index contributed by atoms with van der Waals surface area (Å²) in [6, 6.07) is 1.72. The molecule has 6 nitrogen and oxygen atoms in total. The molecule has 11 heteroatoms. The van der Waals surface area contributed by atoms with Gasteiger partial charge in [-0.3, -0.25) is 14.2 Å². The van der Waals surface area contributed by atoms with Crippen LogP contribution in [0.4, 0.5) is 17.6 Å². The Labute approximate surface area is 146 Å². The van der Waals surface area contributed by atoms with Crippen molar-refractivity contribution < 1.29 is 22.4 Å². The Hall–Kier alpha value is -2.10. The Morgan fingerprint density at radius 3 is 2.52 bits per heavy atom. The van der Waals surface area contributed by atoms with Gasteiger partial charge in [0, 0.05) is 19.8 Å². The average Bonchev–Trinajstić information content (AvgIpc) is 3.11. The number of alkyl halides is 4. The number of aromatic nitrogens is 4. The zero-order valence-corrected chi connectivity index (χ0v) is 14.2. The third-order valence-electron chi connectivity index (χ3n) is 3.58. The number of carbonyl (C=O) groups is 1. The van der Waals surface area contributed by atoms with E-state index >= 15 is 0 Å². The lowest BCUT2D eigenvalue weighted by molar-refractivity contribution is -0.131. The van der Waals surface area contributed by atoms with Crippen LogP contribution in [0.1, 0.15) is 36.9 Å². The molecular formula is C14H16ClF4N5O. The number of nitrogens with zero attached hydrogens (tertiary/aromatic N) is 5. The molecule has 0 radical (unpaired) electrons. The zero-order chi connectivity index (χ0) is 18.7. The number of likely N-dealkylation sites (N-methyl/N-ethyl adjacent to an activating group) is 1. The summed E-state index contributed by atoms with van der Waals surface area (Å²) < 4.78 is 54.0. The minimum absolute atomic E-state index is 0.188. The molecule has 0 aliphatic carbocycles. The third-order valence-corrected chi connectivity index (χ3v) is 3.97. The van der Waals surface area contributed by atoms with E-state index in [0.29, 0.717) is 11.2 Å². The summed E-state index contributed by atoms with van der Waals surface area (Å²) in [5.41, 5.74) is -1.10. The van der Waals surface area contributed by atoms with Gasteiger partial charge in [-0.25, -0.2) is 17.6 Å². The van der Waals surface area contributed by atoms with E-state index < -0.39 is 41.7 Å². The lowest BCUT2D eigenvalue weighted by atomic mass is 10.3. The van der Waals surface area contributed by atoms with E-state index in [2.05, 4.69) is 10.2 Å². The minimum Gasteiger partial charge on any atom is -0.338 e. The second-order valence-corrected chi connectivity index (χ2v) is 5.61. The largest absolute Gasteiger partial charge is 0.338 e. The maximum Gasteiger partial charge on any atom is 0.283 e. The molecule has 0 N–H and O–H groups in total. The molecule has 2 rings (SSSR count). The van der Waals surface area contributed by atoms with E-state index in [1.54, 1.807) is 16.9 Å². The molecule has 0 atom stereocenters. The van der Waals surface area contributed by atoms with Crippen LogP contribution in [0.5, 0.6) is 0 Å². The highest BCUT2D eigenvalue weighted by molar-refractivity contribution is 6.32. The number of rotatable bonds is 7. The fourth-order valence-corrected chi connectivity index (χ4v) is 2.60. The topological polar surface area (TPSA) is 56.0 Å². The molecule has 0 spiro atoms. The standard InChI is InChI=1S/C14H16ClF4N5O/c1-3-23-8(4-5-20-23)6-22(2)9(25)7-24-12(14(18)19)10(15)11(21-24)13(16)17/h4-5,13-14H,3,6-7H2,1-2H3. The maximum atomic E-state index is 13.1. The molecule has 0 saturated heterocycles. The Balaban J connectivity index is 2.18. The van der Waals surface area contributed by atoms with Crippen molar-refractivity contribution in [2.24, 2.45) is 0 Å². The van der Waals surface area contributed by atoms with Crippen molar-refractivity contribution in [3.8, 4) is 0 Å². The molecule has 2 aromatic heterocycles. The van der Waals surface area contributed by atoms with Gasteiger partial charge in [0.05, 0.1) is 17.3 Å². The van der Waals surface area contributed by atoms with Gasteiger partial charge in [-0.15, -0.1) is 0 Å². The Kier molecular flexibility index (Phi) is 6.04. The van der Waals surface area contributed by atoms with E-state index in [9.17, 15) is 22.4 Å². The van der Waals surface area contributed by atoms with Gasteiger partial charge in [0.2, 0.25) is 5.91 Å². The summed E-state index contributed by atoms with van der Waals surface area (Å²) in [6.45, 7) is 2.05. The summed E-state index contributed by atoms with van der Waals surface area (Å²) in [6.07, 6.45) is -4.67. The summed E-state index contributed by atoms with van der Waals surface area (Å²) in [7, 11) is 1.47. The molecule has 0 fully saturated rings. The van der Waals surface area contributed by atoms with Gasteiger partial charge in [0.15, 0.2) is 0 Å². The number of halogens is 5. The average molecular weight is 382 g/mol. The molecule has 2 aromatic rings. The molecule has 0 aliphatic heterocycles. The second kappa shape index (κ2) is 7.85. The van der Waals surface area contributed by atoms with Gasteiger partial charge in [-0.05, 0) is 13.0 Å². The molecule has 138 valence electrons. The molecular weight excluding hydrogens is 366 g/mol. The van der Waals surface area contributed by atoms with Crippen LogP contribution in [-0.4, -0.2) is 37.4 Å². The summed E-state index contributed by atoms with van der Waals surface area (Å²) >= 11 is 5.56. The van der Waals surface area contributed by atoms with Gasteiger partial charge < -0.3 is 4.90 Å². The van der Waals surface area contributed by atoms with Crippen LogP contribution >= 0.6 is 11.6 Å². The molecule has 0 aliphatic rings. The van der Waals surface area contributed by atoms with Crippen LogP contribution in [0.25, 0.3) is 0 Å². The highest BCUT2D eigenvalue weighted by Gasteiger charge is 2.29. The van der Waals surface area contributed by atoms with E-state index in [1.165, 1.54) is 11.9 Å².